The lowest BCUT2D eigenvalue weighted by molar-refractivity contribution is -0.124. The first kappa shape index (κ1) is 9.22. The predicted octanol–water partition coefficient (Wildman–Crippen LogP) is 1.33. The molecule has 13 heavy (non-hydrogen) atoms. The second-order valence-electron chi connectivity index (χ2n) is 4.34. The average molecular weight is 182 g/mol. The van der Waals surface area contributed by atoms with Crippen LogP contribution in [0.3, 0.4) is 0 Å². The van der Waals surface area contributed by atoms with Crippen molar-refractivity contribution in [2.75, 3.05) is 0 Å². The van der Waals surface area contributed by atoms with Gasteiger partial charge in [0.1, 0.15) is 0 Å². The molecule has 0 radical (unpaired) electrons. The van der Waals surface area contributed by atoms with Crippen LogP contribution in [0.5, 0.6) is 0 Å². The minimum atomic E-state index is -0.431. The van der Waals surface area contributed by atoms with Crippen molar-refractivity contribution in [2.45, 2.75) is 38.4 Å². The Morgan fingerprint density at radius 1 is 1.31 bits per heavy atom. The second-order valence-corrected chi connectivity index (χ2v) is 4.34. The third-order valence-corrected chi connectivity index (χ3v) is 3.74. The van der Waals surface area contributed by atoms with Crippen LogP contribution in [0.2, 0.25) is 0 Å². The quantitative estimate of drug-likeness (QED) is 0.632. The molecule has 0 aromatic carbocycles. The van der Waals surface area contributed by atoms with Crippen LogP contribution in [-0.2, 0) is 0 Å². The van der Waals surface area contributed by atoms with Gasteiger partial charge in [-0.15, -0.1) is 0 Å². The van der Waals surface area contributed by atoms with Crippen LogP contribution in [0.1, 0.15) is 26.2 Å². The first-order valence-electron chi connectivity index (χ1n) is 5.24. The van der Waals surface area contributed by atoms with Crippen LogP contribution in [0.25, 0.3) is 0 Å². The molecular formula is C11H18O2. The van der Waals surface area contributed by atoms with Crippen molar-refractivity contribution in [3.63, 3.8) is 0 Å². The van der Waals surface area contributed by atoms with E-state index in [0.717, 1.165) is 6.42 Å². The average Bonchev–Trinajstić information content (AvgIpc) is 2.48. The van der Waals surface area contributed by atoms with E-state index in [4.69, 9.17) is 0 Å². The summed E-state index contributed by atoms with van der Waals surface area (Å²) in [6.07, 6.45) is 6.55. The lowest BCUT2D eigenvalue weighted by Crippen LogP contribution is -2.53. The third kappa shape index (κ3) is 1.32. The highest BCUT2D eigenvalue weighted by Gasteiger charge is 2.53. The number of hydrogen-bond acceptors (Lipinski definition) is 2. The monoisotopic (exact) mass is 182 g/mol. The normalized spacial score (nSPS) is 46.1. The van der Waals surface area contributed by atoms with E-state index in [1.54, 1.807) is 6.08 Å². The van der Waals surface area contributed by atoms with Gasteiger partial charge >= 0.3 is 0 Å². The molecule has 74 valence electrons. The molecule has 2 fully saturated rings. The molecule has 0 amide bonds. The number of aliphatic hydroxyl groups is 2. The van der Waals surface area contributed by atoms with Gasteiger partial charge in [0.2, 0.25) is 0 Å². The molecule has 0 aliphatic heterocycles. The van der Waals surface area contributed by atoms with Gasteiger partial charge in [0.15, 0.2) is 0 Å². The molecule has 2 saturated carbocycles. The zero-order valence-electron chi connectivity index (χ0n) is 8.06. The first-order valence-corrected chi connectivity index (χ1v) is 5.24. The number of fused-ring (bicyclic) bond motifs is 1. The molecule has 0 saturated heterocycles. The number of hydrogen-bond donors (Lipinski definition) is 2. The molecule has 0 unspecified atom stereocenters. The molecule has 2 heteroatoms. The Morgan fingerprint density at radius 3 is 2.69 bits per heavy atom. The van der Waals surface area contributed by atoms with E-state index < -0.39 is 6.10 Å². The molecular weight excluding hydrogens is 164 g/mol. The topological polar surface area (TPSA) is 40.5 Å². The van der Waals surface area contributed by atoms with E-state index in [1.807, 2.05) is 13.0 Å². The summed E-state index contributed by atoms with van der Waals surface area (Å²) in [7, 11) is 0. The van der Waals surface area contributed by atoms with Crippen LogP contribution in [-0.4, -0.2) is 22.4 Å². The number of aliphatic hydroxyl groups excluding tert-OH is 2. The van der Waals surface area contributed by atoms with Crippen LogP contribution in [0, 0.1) is 17.8 Å². The summed E-state index contributed by atoms with van der Waals surface area (Å²) in [5, 5.41) is 19.5. The largest absolute Gasteiger partial charge is 0.392 e. The predicted molar refractivity (Wildman–Crippen MR) is 51.1 cm³/mol. The maximum Gasteiger partial charge on any atom is 0.0776 e. The maximum absolute atomic E-state index is 9.78. The van der Waals surface area contributed by atoms with Crippen molar-refractivity contribution in [2.24, 2.45) is 17.8 Å². The summed E-state index contributed by atoms with van der Waals surface area (Å²) in [5.74, 6) is 1.19. The molecule has 0 bridgehead atoms. The van der Waals surface area contributed by atoms with Crippen molar-refractivity contribution in [1.82, 2.24) is 0 Å². The molecule has 0 aromatic heterocycles. The van der Waals surface area contributed by atoms with Gasteiger partial charge in [0.25, 0.3) is 0 Å². The summed E-state index contributed by atoms with van der Waals surface area (Å²) < 4.78 is 0. The Kier molecular flexibility index (Phi) is 2.43. The molecule has 0 heterocycles. The second kappa shape index (κ2) is 3.43. The van der Waals surface area contributed by atoms with Crippen LogP contribution < -0.4 is 0 Å². The van der Waals surface area contributed by atoms with E-state index in [0.29, 0.717) is 11.8 Å². The van der Waals surface area contributed by atoms with Gasteiger partial charge in [0, 0.05) is 5.92 Å². The van der Waals surface area contributed by atoms with Crippen LogP contribution in [0.4, 0.5) is 0 Å². The molecule has 2 aliphatic carbocycles. The molecule has 5 atom stereocenters. The van der Waals surface area contributed by atoms with E-state index in [2.05, 4.69) is 0 Å². The minimum Gasteiger partial charge on any atom is -0.392 e. The van der Waals surface area contributed by atoms with E-state index in [1.165, 1.54) is 12.8 Å². The Balaban J connectivity index is 2.00. The lowest BCUT2D eigenvalue weighted by Gasteiger charge is -2.47. The number of rotatable bonds is 2. The summed E-state index contributed by atoms with van der Waals surface area (Å²) in [6.45, 7) is 1.90. The van der Waals surface area contributed by atoms with Gasteiger partial charge in [-0.2, -0.15) is 0 Å². The Bertz CT molecular complexity index is 212. The maximum atomic E-state index is 9.78. The molecule has 2 aliphatic rings. The van der Waals surface area contributed by atoms with E-state index in [9.17, 15) is 10.2 Å². The zero-order chi connectivity index (χ0) is 9.42. The van der Waals surface area contributed by atoms with Gasteiger partial charge in [-0.3, -0.25) is 0 Å². The standard InChI is InChI=1S/C11H18O2/c1-2-4-9(12)10-7-5-3-6-8(7)11(10)13/h2,4,7-13H,3,5-6H2,1H3/b4-2+/t7-,8+,9-,10-,11-/m0/s1. The Labute approximate surface area is 79.3 Å². The minimum absolute atomic E-state index is 0.115. The van der Waals surface area contributed by atoms with Gasteiger partial charge < -0.3 is 10.2 Å². The highest BCUT2D eigenvalue weighted by atomic mass is 16.3. The summed E-state index contributed by atoms with van der Waals surface area (Å²) in [4.78, 5) is 0. The molecule has 0 spiro atoms. The van der Waals surface area contributed by atoms with E-state index in [-0.39, 0.29) is 12.0 Å². The first-order chi connectivity index (χ1) is 6.25. The Morgan fingerprint density at radius 2 is 2.00 bits per heavy atom. The smallest absolute Gasteiger partial charge is 0.0776 e. The fourth-order valence-corrected chi connectivity index (χ4v) is 3.09. The van der Waals surface area contributed by atoms with Crippen molar-refractivity contribution in [1.29, 1.82) is 0 Å². The fraction of sp³-hybridized carbons (Fsp3) is 0.818. The van der Waals surface area contributed by atoms with Crippen molar-refractivity contribution in [3.05, 3.63) is 12.2 Å². The number of allylic oxidation sites excluding steroid dienone is 1. The van der Waals surface area contributed by atoms with E-state index >= 15 is 0 Å². The Hall–Kier alpha value is -0.340. The molecule has 2 N–H and O–H groups in total. The summed E-state index contributed by atoms with van der Waals surface area (Å²) >= 11 is 0. The molecule has 2 nitrogen and oxygen atoms in total. The highest BCUT2D eigenvalue weighted by Crippen LogP contribution is 2.52. The van der Waals surface area contributed by atoms with Crippen molar-refractivity contribution < 1.29 is 10.2 Å². The van der Waals surface area contributed by atoms with Gasteiger partial charge in [-0.1, -0.05) is 18.6 Å². The van der Waals surface area contributed by atoms with Gasteiger partial charge in [0.05, 0.1) is 12.2 Å². The lowest BCUT2D eigenvalue weighted by atomic mass is 9.62. The third-order valence-electron chi connectivity index (χ3n) is 3.74. The summed E-state index contributed by atoms with van der Waals surface area (Å²) in [5.41, 5.74) is 0. The summed E-state index contributed by atoms with van der Waals surface area (Å²) in [6, 6.07) is 0. The van der Waals surface area contributed by atoms with Gasteiger partial charge in [-0.05, 0) is 31.6 Å². The SMILES string of the molecule is C/C=C/[C@H](O)[C@H]1[C@@H](O)[C@@H]2CCC[C@@H]21. The van der Waals surface area contributed by atoms with Crippen LogP contribution >= 0.6 is 0 Å². The molecule has 2 rings (SSSR count). The van der Waals surface area contributed by atoms with Crippen molar-refractivity contribution in [3.8, 4) is 0 Å². The zero-order valence-corrected chi connectivity index (χ0v) is 8.06. The molecule has 0 aromatic rings. The van der Waals surface area contributed by atoms with Crippen LogP contribution in [0.15, 0.2) is 12.2 Å². The van der Waals surface area contributed by atoms with Crippen molar-refractivity contribution >= 4 is 0 Å². The highest BCUT2D eigenvalue weighted by molar-refractivity contribution is 5.07. The fourth-order valence-electron chi connectivity index (χ4n) is 3.09. The van der Waals surface area contributed by atoms with Gasteiger partial charge in [-0.25, -0.2) is 0 Å².